The van der Waals surface area contributed by atoms with Crippen LogP contribution in [0.3, 0.4) is 0 Å². The Morgan fingerprint density at radius 1 is 1.61 bits per heavy atom. The van der Waals surface area contributed by atoms with Crippen LogP contribution in [0.1, 0.15) is 23.8 Å². The van der Waals surface area contributed by atoms with E-state index in [9.17, 15) is 9.00 Å². The van der Waals surface area contributed by atoms with Crippen LogP contribution in [0.2, 0.25) is 0 Å². The fourth-order valence-corrected chi connectivity index (χ4v) is 2.04. The molecule has 4 N–H and O–H groups in total. The Balaban J connectivity index is 2.73. The first-order valence-electron chi connectivity index (χ1n) is 5.46. The number of carboxylic acid groups (broad SMARTS) is 1. The smallest absolute Gasteiger partial charge is 0.354 e. The third-order valence-corrected chi connectivity index (χ3v) is 3.18. The Morgan fingerprint density at radius 3 is 2.83 bits per heavy atom. The maximum absolute atomic E-state index is 11.0. The molecule has 1 rings (SSSR count). The molecule has 7 heteroatoms. The molecule has 0 aromatic carbocycles. The van der Waals surface area contributed by atoms with Crippen molar-refractivity contribution in [2.75, 3.05) is 23.1 Å². The van der Waals surface area contributed by atoms with E-state index in [4.69, 9.17) is 10.8 Å². The number of hydrogen-bond donors (Lipinski definition) is 3. The largest absolute Gasteiger partial charge is 0.477 e. The number of carbonyl (C=O) groups is 1. The fraction of sp³-hybridized carbons (Fsp3) is 0.455. The molecule has 0 aliphatic heterocycles. The number of nitrogens with one attached hydrogen (secondary N) is 1. The van der Waals surface area contributed by atoms with Gasteiger partial charge in [-0.1, -0.05) is 0 Å². The number of nitrogens with two attached hydrogens (primary N) is 1. The molecule has 1 aromatic heterocycles. The van der Waals surface area contributed by atoms with Crippen molar-refractivity contribution in [3.05, 3.63) is 17.8 Å². The lowest BCUT2D eigenvalue weighted by atomic mass is 10.2. The molecule has 0 aliphatic carbocycles. The number of aromatic carboxylic acids is 1. The monoisotopic (exact) mass is 271 g/mol. The van der Waals surface area contributed by atoms with E-state index in [1.807, 2.05) is 6.92 Å². The molecule has 2 unspecified atom stereocenters. The lowest BCUT2D eigenvalue weighted by Crippen LogP contribution is -2.20. The molecule has 0 saturated carbocycles. The molecule has 100 valence electrons. The number of rotatable bonds is 6. The molecular weight excluding hydrogens is 254 g/mol. The number of hydrogen-bond acceptors (Lipinski definition) is 5. The van der Waals surface area contributed by atoms with Crippen LogP contribution in [0.25, 0.3) is 0 Å². The zero-order valence-electron chi connectivity index (χ0n) is 10.3. The van der Waals surface area contributed by atoms with Gasteiger partial charge in [0.25, 0.3) is 0 Å². The quantitative estimate of drug-likeness (QED) is 0.711. The molecule has 1 aromatic rings. The number of nitrogens with zero attached hydrogens (tertiary/aromatic N) is 1. The van der Waals surface area contributed by atoms with E-state index in [1.165, 1.54) is 12.1 Å². The zero-order valence-corrected chi connectivity index (χ0v) is 11.2. The van der Waals surface area contributed by atoms with E-state index in [2.05, 4.69) is 10.3 Å². The minimum Gasteiger partial charge on any atom is -0.477 e. The van der Waals surface area contributed by atoms with Gasteiger partial charge >= 0.3 is 5.97 Å². The maximum atomic E-state index is 11.0. The number of nitrogen functional groups attached to an aromatic ring is 1. The Hall–Kier alpha value is -1.63. The van der Waals surface area contributed by atoms with E-state index in [0.29, 0.717) is 23.7 Å². The number of anilines is 2. The van der Waals surface area contributed by atoms with Gasteiger partial charge in [0.2, 0.25) is 0 Å². The Morgan fingerprint density at radius 2 is 2.28 bits per heavy atom. The van der Waals surface area contributed by atoms with Crippen molar-refractivity contribution in [3.8, 4) is 0 Å². The average molecular weight is 271 g/mol. The van der Waals surface area contributed by atoms with Gasteiger partial charge in [-0.3, -0.25) is 4.21 Å². The highest BCUT2D eigenvalue weighted by atomic mass is 32.2. The van der Waals surface area contributed by atoms with E-state index in [-0.39, 0.29) is 11.7 Å². The van der Waals surface area contributed by atoms with Crippen molar-refractivity contribution >= 4 is 28.3 Å². The van der Waals surface area contributed by atoms with E-state index in [0.717, 1.165) is 0 Å². The predicted molar refractivity (Wildman–Crippen MR) is 72.2 cm³/mol. The minimum absolute atomic E-state index is 0.0211. The van der Waals surface area contributed by atoms with Gasteiger partial charge in [0.1, 0.15) is 5.82 Å². The molecule has 0 fully saturated rings. The first-order valence-corrected chi connectivity index (χ1v) is 7.19. The summed E-state index contributed by atoms with van der Waals surface area (Å²) in [5, 5.41) is 11.9. The van der Waals surface area contributed by atoms with Gasteiger partial charge in [0, 0.05) is 28.9 Å². The van der Waals surface area contributed by atoms with Gasteiger partial charge in [0.15, 0.2) is 5.69 Å². The van der Waals surface area contributed by atoms with Crippen LogP contribution in [0.15, 0.2) is 12.1 Å². The van der Waals surface area contributed by atoms with E-state index >= 15 is 0 Å². The molecule has 0 amide bonds. The SMILES string of the molecule is CC(CCS(C)=O)Nc1nc(C(=O)O)ccc1N. The standard InChI is InChI=1S/C11H17N3O3S/c1-7(5-6-18(2)17)13-10-8(12)3-4-9(14-10)11(15)16/h3-4,7H,5-6,12H2,1-2H3,(H,13,14)(H,15,16). The molecule has 2 atom stereocenters. The molecular formula is C11H17N3O3S. The Kier molecular flexibility index (Phi) is 5.08. The van der Waals surface area contributed by atoms with Gasteiger partial charge in [0.05, 0.1) is 5.69 Å². The summed E-state index contributed by atoms with van der Waals surface area (Å²) in [6.07, 6.45) is 2.34. The molecule has 0 bridgehead atoms. The second-order valence-electron chi connectivity index (χ2n) is 4.05. The van der Waals surface area contributed by atoms with Crippen LogP contribution in [-0.2, 0) is 10.8 Å². The van der Waals surface area contributed by atoms with Gasteiger partial charge in [-0.15, -0.1) is 0 Å². The van der Waals surface area contributed by atoms with E-state index < -0.39 is 16.8 Å². The topological polar surface area (TPSA) is 105 Å². The summed E-state index contributed by atoms with van der Waals surface area (Å²) < 4.78 is 11.0. The lowest BCUT2D eigenvalue weighted by molar-refractivity contribution is 0.0690. The summed E-state index contributed by atoms with van der Waals surface area (Å²) >= 11 is 0. The Labute approximate surface area is 108 Å². The molecule has 0 spiro atoms. The van der Waals surface area contributed by atoms with Gasteiger partial charge in [-0.05, 0) is 25.5 Å². The minimum atomic E-state index is -1.10. The van der Waals surface area contributed by atoms with Crippen molar-refractivity contribution in [2.24, 2.45) is 0 Å². The molecule has 6 nitrogen and oxygen atoms in total. The van der Waals surface area contributed by atoms with Crippen LogP contribution in [-0.4, -0.2) is 38.3 Å². The van der Waals surface area contributed by atoms with Crippen LogP contribution in [0, 0.1) is 0 Å². The van der Waals surface area contributed by atoms with Crippen LogP contribution in [0.4, 0.5) is 11.5 Å². The van der Waals surface area contributed by atoms with Gasteiger partial charge in [-0.25, -0.2) is 9.78 Å². The highest BCUT2D eigenvalue weighted by Crippen LogP contribution is 2.17. The summed E-state index contributed by atoms with van der Waals surface area (Å²) in [5.74, 6) is -0.170. The predicted octanol–water partition coefficient (Wildman–Crippen LogP) is 0.931. The normalized spacial score (nSPS) is 13.9. The maximum Gasteiger partial charge on any atom is 0.354 e. The fourth-order valence-electron chi connectivity index (χ4n) is 1.35. The van der Waals surface area contributed by atoms with Crippen molar-refractivity contribution in [1.29, 1.82) is 0 Å². The number of aromatic nitrogens is 1. The first kappa shape index (κ1) is 14.4. The van der Waals surface area contributed by atoms with E-state index in [1.54, 1.807) is 6.26 Å². The number of carboxylic acids is 1. The molecule has 0 aliphatic rings. The summed E-state index contributed by atoms with van der Waals surface area (Å²) in [5.41, 5.74) is 6.05. The summed E-state index contributed by atoms with van der Waals surface area (Å²) in [7, 11) is -0.847. The zero-order chi connectivity index (χ0) is 13.7. The van der Waals surface area contributed by atoms with Crippen molar-refractivity contribution in [2.45, 2.75) is 19.4 Å². The molecule has 1 heterocycles. The summed E-state index contributed by atoms with van der Waals surface area (Å²) in [6, 6.07) is 2.88. The third-order valence-electron chi connectivity index (χ3n) is 2.37. The molecule has 18 heavy (non-hydrogen) atoms. The van der Waals surface area contributed by atoms with Crippen molar-refractivity contribution in [1.82, 2.24) is 4.98 Å². The second-order valence-corrected chi connectivity index (χ2v) is 5.61. The van der Waals surface area contributed by atoms with Crippen LogP contribution >= 0.6 is 0 Å². The number of pyridine rings is 1. The second kappa shape index (κ2) is 6.34. The third kappa shape index (κ3) is 4.33. The Bertz CT molecular complexity index is 465. The lowest BCUT2D eigenvalue weighted by Gasteiger charge is -2.15. The average Bonchev–Trinajstić information content (AvgIpc) is 2.29. The molecule has 0 radical (unpaired) electrons. The highest BCUT2D eigenvalue weighted by Gasteiger charge is 2.11. The highest BCUT2D eigenvalue weighted by molar-refractivity contribution is 7.84. The van der Waals surface area contributed by atoms with Crippen molar-refractivity contribution in [3.63, 3.8) is 0 Å². The van der Waals surface area contributed by atoms with Gasteiger partial charge < -0.3 is 16.2 Å². The summed E-state index contributed by atoms with van der Waals surface area (Å²) in [4.78, 5) is 14.7. The van der Waals surface area contributed by atoms with Crippen LogP contribution < -0.4 is 11.1 Å². The van der Waals surface area contributed by atoms with Crippen molar-refractivity contribution < 1.29 is 14.1 Å². The molecule has 0 saturated heterocycles. The summed E-state index contributed by atoms with van der Waals surface area (Å²) in [6.45, 7) is 1.90. The van der Waals surface area contributed by atoms with Gasteiger partial charge in [-0.2, -0.15) is 0 Å². The van der Waals surface area contributed by atoms with Crippen LogP contribution in [0.5, 0.6) is 0 Å². The first-order chi connectivity index (χ1) is 8.40.